The van der Waals surface area contributed by atoms with Crippen LogP contribution in [-0.4, -0.2) is 16.6 Å². The normalized spacial score (nSPS) is 24.8. The Hall–Kier alpha value is -2.00. The molecule has 0 heterocycles. The molecule has 1 aliphatic rings. The topological polar surface area (TPSA) is 37.3 Å². The summed E-state index contributed by atoms with van der Waals surface area (Å²) in [5.74, 6) is -0.621. The summed E-state index contributed by atoms with van der Waals surface area (Å²) in [6.07, 6.45) is -1.50. The Morgan fingerprint density at radius 1 is 1.15 bits per heavy atom. The van der Waals surface area contributed by atoms with Crippen molar-refractivity contribution >= 4 is 5.78 Å². The van der Waals surface area contributed by atoms with E-state index in [1.807, 2.05) is 25.1 Å². The molecule has 0 amide bonds. The molecule has 3 heteroatoms. The molecular weight excluding hydrogens is 255 g/mol. The van der Waals surface area contributed by atoms with Crippen LogP contribution in [0.5, 0.6) is 0 Å². The van der Waals surface area contributed by atoms with E-state index >= 15 is 4.39 Å². The molecule has 2 unspecified atom stereocenters. The van der Waals surface area contributed by atoms with Gasteiger partial charge in [-0.15, -0.1) is 0 Å². The standard InChI is InChI=1S/C17H15FO2/c1-11-6-2-3-7-12(11)10-17(18)15(19)13-8-4-5-9-14(13)16(17)20/h2-9,15,19H,10H2,1H3. The van der Waals surface area contributed by atoms with Gasteiger partial charge in [0.25, 0.3) is 0 Å². The Morgan fingerprint density at radius 3 is 2.50 bits per heavy atom. The maximum atomic E-state index is 15.2. The number of carbonyl (C=O) groups is 1. The summed E-state index contributed by atoms with van der Waals surface area (Å²) >= 11 is 0. The molecule has 102 valence electrons. The molecule has 0 spiro atoms. The molecule has 1 aliphatic carbocycles. The highest BCUT2D eigenvalue weighted by Gasteiger charge is 2.53. The zero-order valence-corrected chi connectivity index (χ0v) is 11.1. The van der Waals surface area contributed by atoms with Crippen LogP contribution in [0.3, 0.4) is 0 Å². The Labute approximate surface area is 116 Å². The Bertz CT molecular complexity index is 680. The van der Waals surface area contributed by atoms with E-state index < -0.39 is 17.6 Å². The van der Waals surface area contributed by atoms with Gasteiger partial charge in [0, 0.05) is 12.0 Å². The summed E-state index contributed by atoms with van der Waals surface area (Å²) in [7, 11) is 0. The number of carbonyl (C=O) groups excluding carboxylic acids is 1. The van der Waals surface area contributed by atoms with Crippen LogP contribution in [0.2, 0.25) is 0 Å². The lowest BCUT2D eigenvalue weighted by molar-refractivity contribution is 0.00998. The third-order valence-electron chi connectivity index (χ3n) is 4.02. The average Bonchev–Trinajstić information content (AvgIpc) is 2.65. The summed E-state index contributed by atoms with van der Waals surface area (Å²) in [6, 6.07) is 13.9. The summed E-state index contributed by atoms with van der Waals surface area (Å²) in [6.45, 7) is 1.87. The van der Waals surface area contributed by atoms with Gasteiger partial charge >= 0.3 is 0 Å². The minimum absolute atomic E-state index is 0.103. The molecular formula is C17H15FO2. The van der Waals surface area contributed by atoms with Crippen LogP contribution in [0.25, 0.3) is 0 Å². The molecule has 1 N–H and O–H groups in total. The molecule has 0 saturated carbocycles. The van der Waals surface area contributed by atoms with Gasteiger partial charge in [0.15, 0.2) is 0 Å². The molecule has 2 aromatic carbocycles. The predicted octanol–water partition coefficient (Wildman–Crippen LogP) is 3.18. The maximum absolute atomic E-state index is 15.2. The lowest BCUT2D eigenvalue weighted by Crippen LogP contribution is -2.37. The molecule has 0 fully saturated rings. The largest absolute Gasteiger partial charge is 0.385 e. The molecule has 2 nitrogen and oxygen atoms in total. The van der Waals surface area contributed by atoms with Gasteiger partial charge in [-0.2, -0.15) is 0 Å². The second-order valence-electron chi connectivity index (χ2n) is 5.28. The van der Waals surface area contributed by atoms with Crippen molar-refractivity contribution < 1.29 is 14.3 Å². The summed E-state index contributed by atoms with van der Waals surface area (Å²) in [4.78, 5) is 12.3. The minimum Gasteiger partial charge on any atom is -0.385 e. The molecule has 0 aromatic heterocycles. The number of aliphatic hydroxyl groups excluding tert-OH is 1. The highest BCUT2D eigenvalue weighted by Crippen LogP contribution is 2.44. The van der Waals surface area contributed by atoms with Crippen molar-refractivity contribution in [1.29, 1.82) is 0 Å². The number of fused-ring (bicyclic) bond motifs is 1. The number of halogens is 1. The highest BCUT2D eigenvalue weighted by molar-refractivity contribution is 6.07. The quantitative estimate of drug-likeness (QED) is 0.910. The van der Waals surface area contributed by atoms with Crippen molar-refractivity contribution in [2.75, 3.05) is 0 Å². The van der Waals surface area contributed by atoms with E-state index in [9.17, 15) is 9.90 Å². The fourth-order valence-corrected chi connectivity index (χ4v) is 2.80. The van der Waals surface area contributed by atoms with E-state index in [0.29, 0.717) is 5.56 Å². The summed E-state index contributed by atoms with van der Waals surface area (Å²) < 4.78 is 15.2. The Balaban J connectivity index is 2.02. The number of aliphatic hydroxyl groups is 1. The number of benzene rings is 2. The van der Waals surface area contributed by atoms with Crippen LogP contribution in [0.1, 0.15) is 33.2 Å². The van der Waals surface area contributed by atoms with Crippen molar-refractivity contribution in [3.05, 3.63) is 70.8 Å². The molecule has 3 rings (SSSR count). The lowest BCUT2D eigenvalue weighted by atomic mass is 9.89. The van der Waals surface area contributed by atoms with Crippen molar-refractivity contribution in [1.82, 2.24) is 0 Å². The SMILES string of the molecule is Cc1ccccc1CC1(F)C(=O)c2ccccc2C1O. The summed E-state index contributed by atoms with van der Waals surface area (Å²) in [5, 5.41) is 10.2. The van der Waals surface area contributed by atoms with Crippen molar-refractivity contribution in [2.45, 2.75) is 25.1 Å². The van der Waals surface area contributed by atoms with Gasteiger partial charge in [-0.25, -0.2) is 4.39 Å². The Kier molecular flexibility index (Phi) is 2.94. The predicted molar refractivity (Wildman–Crippen MR) is 74.5 cm³/mol. The van der Waals surface area contributed by atoms with E-state index in [0.717, 1.165) is 11.1 Å². The first-order valence-electron chi connectivity index (χ1n) is 6.59. The number of rotatable bonds is 2. The number of Topliss-reactive ketones (excluding diaryl/α,β-unsaturated/α-hetero) is 1. The number of ketones is 1. The molecule has 2 aromatic rings. The van der Waals surface area contributed by atoms with Crippen LogP contribution in [0.4, 0.5) is 4.39 Å². The number of hydrogen-bond donors (Lipinski definition) is 1. The highest BCUT2D eigenvalue weighted by atomic mass is 19.1. The van der Waals surface area contributed by atoms with Gasteiger partial charge in [-0.3, -0.25) is 4.79 Å². The third kappa shape index (κ3) is 1.78. The van der Waals surface area contributed by atoms with Gasteiger partial charge in [-0.1, -0.05) is 48.5 Å². The van der Waals surface area contributed by atoms with Crippen LogP contribution in [0, 0.1) is 6.92 Å². The molecule has 0 bridgehead atoms. The number of hydrogen-bond acceptors (Lipinski definition) is 2. The van der Waals surface area contributed by atoms with Crippen molar-refractivity contribution in [2.24, 2.45) is 0 Å². The molecule has 20 heavy (non-hydrogen) atoms. The first kappa shape index (κ1) is 13.0. The fraction of sp³-hybridized carbons (Fsp3) is 0.235. The second-order valence-corrected chi connectivity index (χ2v) is 5.28. The smallest absolute Gasteiger partial charge is 0.207 e. The van der Waals surface area contributed by atoms with E-state index in [-0.39, 0.29) is 12.0 Å². The van der Waals surface area contributed by atoms with Gasteiger partial charge in [0.05, 0.1) is 0 Å². The molecule has 2 atom stereocenters. The van der Waals surface area contributed by atoms with E-state index in [2.05, 4.69) is 0 Å². The molecule has 0 saturated heterocycles. The van der Waals surface area contributed by atoms with E-state index in [1.165, 1.54) is 0 Å². The fourth-order valence-electron chi connectivity index (χ4n) is 2.80. The van der Waals surface area contributed by atoms with E-state index in [4.69, 9.17) is 0 Å². The van der Waals surface area contributed by atoms with Crippen molar-refractivity contribution in [3.8, 4) is 0 Å². The van der Waals surface area contributed by atoms with Crippen molar-refractivity contribution in [3.63, 3.8) is 0 Å². The third-order valence-corrected chi connectivity index (χ3v) is 4.02. The average molecular weight is 270 g/mol. The maximum Gasteiger partial charge on any atom is 0.207 e. The monoisotopic (exact) mass is 270 g/mol. The molecule has 0 radical (unpaired) electrons. The number of aryl methyl sites for hydroxylation is 1. The van der Waals surface area contributed by atoms with E-state index in [1.54, 1.807) is 30.3 Å². The zero-order chi connectivity index (χ0) is 14.3. The van der Waals surface area contributed by atoms with Gasteiger partial charge in [0.2, 0.25) is 11.5 Å². The summed E-state index contributed by atoms with van der Waals surface area (Å²) in [5.41, 5.74) is 0.0656. The Morgan fingerprint density at radius 2 is 1.80 bits per heavy atom. The van der Waals surface area contributed by atoms with Gasteiger partial charge in [0.1, 0.15) is 6.10 Å². The van der Waals surface area contributed by atoms with Crippen LogP contribution in [-0.2, 0) is 6.42 Å². The van der Waals surface area contributed by atoms with Crippen LogP contribution < -0.4 is 0 Å². The number of alkyl halides is 1. The second kappa shape index (κ2) is 4.53. The van der Waals surface area contributed by atoms with Crippen LogP contribution in [0.15, 0.2) is 48.5 Å². The van der Waals surface area contributed by atoms with Gasteiger partial charge in [-0.05, 0) is 23.6 Å². The minimum atomic E-state index is -2.27. The van der Waals surface area contributed by atoms with Crippen LogP contribution >= 0.6 is 0 Å². The first-order chi connectivity index (χ1) is 9.54. The lowest BCUT2D eigenvalue weighted by Gasteiger charge is -2.23. The molecule has 0 aliphatic heterocycles. The van der Waals surface area contributed by atoms with Gasteiger partial charge < -0.3 is 5.11 Å². The first-order valence-corrected chi connectivity index (χ1v) is 6.59. The zero-order valence-electron chi connectivity index (χ0n) is 11.1.